The van der Waals surface area contributed by atoms with Crippen molar-refractivity contribution < 1.29 is 0 Å². The van der Waals surface area contributed by atoms with E-state index in [1.165, 1.54) is 10.9 Å². The van der Waals surface area contributed by atoms with E-state index in [9.17, 15) is 0 Å². The number of hydrogen-bond donors (Lipinski definition) is 1. The smallest absolute Gasteiger partial charge is 0.0789 e. The average molecular weight is 305 g/mol. The van der Waals surface area contributed by atoms with E-state index in [2.05, 4.69) is 33.9 Å². The quantitative estimate of drug-likeness (QED) is 0.619. The number of H-pyrrole nitrogens is 1. The summed E-state index contributed by atoms with van der Waals surface area (Å²) in [5, 5.41) is 1.93. The van der Waals surface area contributed by atoms with Crippen molar-refractivity contribution in [3.63, 3.8) is 0 Å². The fraction of sp³-hybridized carbons (Fsp3) is 0.385. The molecule has 0 aliphatic rings. The van der Waals surface area contributed by atoms with Gasteiger partial charge in [-0.25, -0.2) is 0 Å². The van der Waals surface area contributed by atoms with Crippen molar-refractivity contribution in [3.8, 4) is 0 Å². The Morgan fingerprint density at radius 1 is 1.12 bits per heavy atom. The van der Waals surface area contributed by atoms with Gasteiger partial charge in [-0.2, -0.15) is 0 Å². The van der Waals surface area contributed by atoms with Gasteiger partial charge in [-0.3, -0.25) is 0 Å². The minimum absolute atomic E-state index is 0.751. The molecule has 0 radical (unpaired) electrons. The Morgan fingerprint density at radius 3 is 2.25 bits per heavy atom. The van der Waals surface area contributed by atoms with Crippen molar-refractivity contribution in [2.24, 2.45) is 0 Å². The monoisotopic (exact) mass is 303 g/mol. The molecule has 0 aliphatic carbocycles. The average Bonchev–Trinajstić information content (AvgIpc) is 2.72. The van der Waals surface area contributed by atoms with E-state index < -0.39 is 0 Å². The van der Waals surface area contributed by atoms with E-state index in [0.717, 1.165) is 15.0 Å². The number of aryl methyl sites for hydroxylation is 1. The van der Waals surface area contributed by atoms with E-state index >= 15 is 0 Å². The summed E-state index contributed by atoms with van der Waals surface area (Å²) in [6.45, 7) is 10.1. The highest BCUT2D eigenvalue weighted by Crippen LogP contribution is 2.31. The third-order valence-electron chi connectivity index (χ3n) is 1.95. The maximum atomic E-state index is 6.06. The van der Waals surface area contributed by atoms with Crippen molar-refractivity contribution in [2.45, 2.75) is 34.6 Å². The Labute approximate surface area is 111 Å². The van der Waals surface area contributed by atoms with E-state index in [1.54, 1.807) is 0 Å². The van der Waals surface area contributed by atoms with Crippen LogP contribution in [0.25, 0.3) is 10.9 Å². The molecule has 0 spiro atoms. The zero-order chi connectivity index (χ0) is 12.7. The third-order valence-corrected chi connectivity index (χ3v) is 3.23. The fourth-order valence-corrected chi connectivity index (χ4v) is 1.83. The lowest BCUT2D eigenvalue weighted by molar-refractivity contribution is 1.42. The fourth-order valence-electron chi connectivity index (χ4n) is 1.28. The van der Waals surface area contributed by atoms with Crippen molar-refractivity contribution in [3.05, 3.63) is 33.4 Å². The summed E-state index contributed by atoms with van der Waals surface area (Å²) in [6, 6.07) is 4.02. The molecule has 0 saturated carbocycles. The molecule has 0 atom stereocenters. The molecule has 1 N–H and O–H groups in total. The first-order valence-corrected chi connectivity index (χ1v) is 6.79. The Morgan fingerprint density at radius 2 is 1.69 bits per heavy atom. The number of aromatic nitrogens is 1. The first-order chi connectivity index (χ1) is 7.70. The van der Waals surface area contributed by atoms with Gasteiger partial charge in [0.1, 0.15) is 0 Å². The molecule has 0 aliphatic heterocycles. The Balaban J connectivity index is 0.000000509. The van der Waals surface area contributed by atoms with Crippen molar-refractivity contribution >= 4 is 38.4 Å². The van der Waals surface area contributed by atoms with Gasteiger partial charge in [0.25, 0.3) is 0 Å². The van der Waals surface area contributed by atoms with Crippen LogP contribution in [0.3, 0.4) is 0 Å². The molecular weight excluding hydrogens is 286 g/mol. The lowest BCUT2D eigenvalue weighted by Gasteiger charge is -1.97. The van der Waals surface area contributed by atoms with Gasteiger partial charge in [-0.15, -0.1) is 0 Å². The minimum atomic E-state index is 0.751. The summed E-state index contributed by atoms with van der Waals surface area (Å²) in [5.41, 5.74) is 2.22. The van der Waals surface area contributed by atoms with Gasteiger partial charge in [0, 0.05) is 16.1 Å². The lowest BCUT2D eigenvalue weighted by Crippen LogP contribution is -1.73. The molecule has 0 saturated heterocycles. The highest BCUT2D eigenvalue weighted by atomic mass is 79.9. The normalized spacial score (nSPS) is 8.94. The van der Waals surface area contributed by atoms with Crippen LogP contribution in [0.15, 0.2) is 22.8 Å². The maximum absolute atomic E-state index is 6.06. The van der Waals surface area contributed by atoms with Gasteiger partial charge in [0.15, 0.2) is 0 Å². The second-order valence-corrected chi connectivity index (χ2v) is 3.99. The van der Waals surface area contributed by atoms with Gasteiger partial charge < -0.3 is 4.98 Å². The molecule has 16 heavy (non-hydrogen) atoms. The van der Waals surface area contributed by atoms with Gasteiger partial charge in [-0.05, 0) is 34.5 Å². The molecule has 0 unspecified atom stereocenters. The van der Waals surface area contributed by atoms with Crippen LogP contribution in [0.5, 0.6) is 0 Å². The molecule has 2 rings (SSSR count). The van der Waals surface area contributed by atoms with E-state index in [4.69, 9.17) is 11.6 Å². The molecule has 2 aromatic rings. The topological polar surface area (TPSA) is 15.8 Å². The summed E-state index contributed by atoms with van der Waals surface area (Å²) < 4.78 is 0.929. The molecule has 1 heterocycles. The van der Waals surface area contributed by atoms with E-state index in [0.29, 0.717) is 0 Å². The third kappa shape index (κ3) is 3.26. The number of nitrogens with one attached hydrogen (secondary N) is 1. The van der Waals surface area contributed by atoms with Crippen LogP contribution in [0.2, 0.25) is 5.02 Å². The van der Waals surface area contributed by atoms with Crippen molar-refractivity contribution in [2.75, 3.05) is 0 Å². The molecule has 90 valence electrons. The lowest BCUT2D eigenvalue weighted by atomic mass is 10.2. The van der Waals surface area contributed by atoms with Crippen LogP contribution in [0.1, 0.15) is 33.3 Å². The summed E-state index contributed by atoms with van der Waals surface area (Å²) >= 11 is 9.43. The highest BCUT2D eigenvalue weighted by Gasteiger charge is 2.05. The molecule has 0 amide bonds. The number of benzene rings is 1. The Bertz CT molecular complexity index is 435. The second-order valence-electron chi connectivity index (χ2n) is 2.76. The predicted octanol–water partition coefficient (Wildman–Crippen LogP) is 5.94. The molecule has 0 fully saturated rings. The SMILES string of the molecule is CC.CC.Cc1c[nH]c2c(Cl)c(Br)ccc12. The van der Waals surface area contributed by atoms with Crippen molar-refractivity contribution in [1.82, 2.24) is 4.98 Å². The molecule has 1 aromatic carbocycles. The molecular formula is C13H19BrClN. The zero-order valence-corrected chi connectivity index (χ0v) is 12.8. The van der Waals surface area contributed by atoms with Gasteiger partial charge in [-0.1, -0.05) is 45.4 Å². The predicted molar refractivity (Wildman–Crippen MR) is 78.4 cm³/mol. The number of hydrogen-bond acceptors (Lipinski definition) is 0. The van der Waals surface area contributed by atoms with E-state index in [-0.39, 0.29) is 0 Å². The number of aromatic amines is 1. The van der Waals surface area contributed by atoms with Gasteiger partial charge in [0.2, 0.25) is 0 Å². The summed E-state index contributed by atoms with van der Waals surface area (Å²) in [7, 11) is 0. The number of fused-ring (bicyclic) bond motifs is 1. The van der Waals surface area contributed by atoms with Crippen LogP contribution < -0.4 is 0 Å². The zero-order valence-electron chi connectivity index (χ0n) is 10.5. The molecule has 3 heteroatoms. The molecule has 1 nitrogen and oxygen atoms in total. The largest absolute Gasteiger partial charge is 0.360 e. The van der Waals surface area contributed by atoms with Crippen LogP contribution in [-0.4, -0.2) is 4.98 Å². The summed E-state index contributed by atoms with van der Waals surface area (Å²) in [6.07, 6.45) is 1.96. The first kappa shape index (κ1) is 15.5. The first-order valence-electron chi connectivity index (χ1n) is 5.62. The Hall–Kier alpha value is -0.470. The Kier molecular flexibility index (Phi) is 7.52. The van der Waals surface area contributed by atoms with Gasteiger partial charge in [0.05, 0.1) is 10.5 Å². The molecule has 1 aromatic heterocycles. The van der Waals surface area contributed by atoms with Gasteiger partial charge >= 0.3 is 0 Å². The summed E-state index contributed by atoms with van der Waals surface area (Å²) in [5.74, 6) is 0. The maximum Gasteiger partial charge on any atom is 0.0789 e. The minimum Gasteiger partial charge on any atom is -0.360 e. The van der Waals surface area contributed by atoms with Crippen LogP contribution in [-0.2, 0) is 0 Å². The summed E-state index contributed by atoms with van der Waals surface area (Å²) in [4.78, 5) is 3.14. The van der Waals surface area contributed by atoms with Crippen molar-refractivity contribution in [1.29, 1.82) is 0 Å². The molecule has 0 bridgehead atoms. The standard InChI is InChI=1S/C9H7BrClN.2C2H6/c1-5-4-12-9-6(5)2-3-7(10)8(9)11;2*1-2/h2-4,12H,1H3;2*1-2H3. The van der Waals surface area contributed by atoms with Crippen LogP contribution >= 0.6 is 27.5 Å². The number of halogens is 2. The van der Waals surface area contributed by atoms with Crippen LogP contribution in [0, 0.1) is 6.92 Å². The highest BCUT2D eigenvalue weighted by molar-refractivity contribution is 9.10. The van der Waals surface area contributed by atoms with E-state index in [1.807, 2.05) is 40.0 Å². The van der Waals surface area contributed by atoms with Crippen LogP contribution in [0.4, 0.5) is 0 Å². The number of rotatable bonds is 0. The second kappa shape index (κ2) is 7.75.